The lowest BCUT2D eigenvalue weighted by atomic mass is 10.3. The first kappa shape index (κ1) is 12.2. The van der Waals surface area contributed by atoms with Gasteiger partial charge < -0.3 is 5.32 Å². The van der Waals surface area contributed by atoms with Gasteiger partial charge in [0.2, 0.25) is 0 Å². The minimum absolute atomic E-state index is 0.172. The molecule has 2 rings (SSSR count). The third-order valence-electron chi connectivity index (χ3n) is 2.08. The lowest BCUT2D eigenvalue weighted by molar-refractivity contribution is 0.0948. The molecule has 0 saturated heterocycles. The highest BCUT2D eigenvalue weighted by Crippen LogP contribution is 2.12. The van der Waals surface area contributed by atoms with Crippen LogP contribution in [0.2, 0.25) is 0 Å². The van der Waals surface area contributed by atoms with Crippen LogP contribution in [0.15, 0.2) is 34.4 Å². The zero-order valence-electron chi connectivity index (χ0n) is 8.89. The van der Waals surface area contributed by atoms with E-state index in [9.17, 15) is 4.79 Å². The molecule has 0 aromatic carbocycles. The zero-order chi connectivity index (χ0) is 12.1. The summed E-state index contributed by atoms with van der Waals surface area (Å²) in [6.45, 7) is 0.565. The van der Waals surface area contributed by atoms with E-state index in [1.807, 2.05) is 5.38 Å². The standard InChI is InChI=1S/C11H10BrN3OS/c12-8-2-1-4-14-10(8)11(16)15-5-3-9-13-6-7-17-9/h1-2,4,6-7H,3,5H2,(H,15,16). The van der Waals surface area contributed by atoms with Crippen molar-refractivity contribution < 1.29 is 4.79 Å². The Morgan fingerprint density at radius 3 is 3.00 bits per heavy atom. The summed E-state index contributed by atoms with van der Waals surface area (Å²) >= 11 is 4.88. The number of hydrogen-bond donors (Lipinski definition) is 1. The summed E-state index contributed by atoms with van der Waals surface area (Å²) in [5.41, 5.74) is 0.409. The second-order valence-corrected chi connectivity index (χ2v) is 5.10. The van der Waals surface area contributed by atoms with E-state index in [1.54, 1.807) is 35.9 Å². The molecule has 0 aliphatic rings. The number of halogens is 1. The maximum absolute atomic E-state index is 11.8. The van der Waals surface area contributed by atoms with Crippen molar-refractivity contribution in [2.75, 3.05) is 6.54 Å². The van der Waals surface area contributed by atoms with E-state index in [1.165, 1.54) is 0 Å². The van der Waals surface area contributed by atoms with Gasteiger partial charge in [-0.05, 0) is 28.1 Å². The second kappa shape index (κ2) is 5.88. The summed E-state index contributed by atoms with van der Waals surface area (Å²) < 4.78 is 0.701. The Labute approximate surface area is 111 Å². The molecule has 0 aliphatic carbocycles. The summed E-state index contributed by atoms with van der Waals surface area (Å²) in [6.07, 6.45) is 4.10. The highest BCUT2D eigenvalue weighted by Gasteiger charge is 2.10. The van der Waals surface area contributed by atoms with Crippen molar-refractivity contribution in [2.45, 2.75) is 6.42 Å². The summed E-state index contributed by atoms with van der Waals surface area (Å²) in [6, 6.07) is 3.57. The van der Waals surface area contributed by atoms with E-state index in [-0.39, 0.29) is 5.91 Å². The molecule has 4 nitrogen and oxygen atoms in total. The molecule has 0 bridgehead atoms. The van der Waals surface area contributed by atoms with Crippen molar-refractivity contribution in [2.24, 2.45) is 0 Å². The molecule has 0 aliphatic heterocycles. The van der Waals surface area contributed by atoms with E-state index in [2.05, 4.69) is 31.2 Å². The number of aromatic nitrogens is 2. The summed E-state index contributed by atoms with van der Waals surface area (Å²) in [5.74, 6) is -0.172. The van der Waals surface area contributed by atoms with Gasteiger partial charge in [0.25, 0.3) is 5.91 Å². The van der Waals surface area contributed by atoms with Crippen LogP contribution in [0.4, 0.5) is 0 Å². The molecule has 6 heteroatoms. The van der Waals surface area contributed by atoms with Crippen LogP contribution in [-0.4, -0.2) is 22.4 Å². The summed E-state index contributed by atoms with van der Waals surface area (Å²) in [5, 5.41) is 5.76. The Kier molecular flexibility index (Phi) is 4.22. The van der Waals surface area contributed by atoms with Crippen LogP contribution in [0.1, 0.15) is 15.5 Å². The van der Waals surface area contributed by atoms with Gasteiger partial charge in [-0.2, -0.15) is 0 Å². The predicted octanol–water partition coefficient (Wildman–Crippen LogP) is 2.27. The van der Waals surface area contributed by atoms with Crippen molar-refractivity contribution in [1.82, 2.24) is 15.3 Å². The van der Waals surface area contributed by atoms with E-state index in [0.29, 0.717) is 16.7 Å². The maximum atomic E-state index is 11.8. The van der Waals surface area contributed by atoms with Crippen LogP contribution < -0.4 is 5.32 Å². The van der Waals surface area contributed by atoms with Gasteiger partial charge in [-0.15, -0.1) is 11.3 Å². The minimum atomic E-state index is -0.172. The molecule has 2 aromatic heterocycles. The number of carbonyl (C=O) groups excluding carboxylic acids is 1. The number of nitrogens with zero attached hydrogens (tertiary/aromatic N) is 2. The first-order valence-electron chi connectivity index (χ1n) is 5.04. The third kappa shape index (κ3) is 3.34. The van der Waals surface area contributed by atoms with Crippen LogP contribution in [0.5, 0.6) is 0 Å². The Morgan fingerprint density at radius 1 is 1.41 bits per heavy atom. The van der Waals surface area contributed by atoms with Crippen molar-refractivity contribution >= 4 is 33.2 Å². The lowest BCUT2D eigenvalue weighted by Gasteiger charge is -2.04. The number of carbonyl (C=O) groups is 1. The van der Waals surface area contributed by atoms with Crippen LogP contribution in [0, 0.1) is 0 Å². The van der Waals surface area contributed by atoms with Gasteiger partial charge in [0.15, 0.2) is 0 Å². The Balaban J connectivity index is 1.88. The topological polar surface area (TPSA) is 54.9 Å². The number of hydrogen-bond acceptors (Lipinski definition) is 4. The summed E-state index contributed by atoms with van der Waals surface area (Å²) in [4.78, 5) is 19.9. The molecule has 2 aromatic rings. The van der Waals surface area contributed by atoms with E-state index in [4.69, 9.17) is 0 Å². The second-order valence-electron chi connectivity index (χ2n) is 3.27. The SMILES string of the molecule is O=C(NCCc1nccs1)c1ncccc1Br. The van der Waals surface area contributed by atoms with Crippen LogP contribution >= 0.6 is 27.3 Å². The van der Waals surface area contributed by atoms with Gasteiger partial charge in [0, 0.05) is 35.2 Å². The normalized spacial score (nSPS) is 10.2. The van der Waals surface area contributed by atoms with E-state index < -0.39 is 0 Å². The molecule has 0 spiro atoms. The van der Waals surface area contributed by atoms with Gasteiger partial charge in [-0.25, -0.2) is 9.97 Å². The zero-order valence-corrected chi connectivity index (χ0v) is 11.3. The van der Waals surface area contributed by atoms with Gasteiger partial charge in [0.05, 0.1) is 5.01 Å². The molecule has 0 unspecified atom stereocenters. The molecule has 0 radical (unpaired) electrons. The van der Waals surface area contributed by atoms with Gasteiger partial charge in [-0.3, -0.25) is 4.79 Å². The quantitative estimate of drug-likeness (QED) is 0.942. The van der Waals surface area contributed by atoms with Crippen LogP contribution in [-0.2, 0) is 6.42 Å². The molecule has 2 heterocycles. The lowest BCUT2D eigenvalue weighted by Crippen LogP contribution is -2.26. The van der Waals surface area contributed by atoms with Crippen LogP contribution in [0.3, 0.4) is 0 Å². The van der Waals surface area contributed by atoms with Crippen molar-refractivity contribution in [3.05, 3.63) is 45.1 Å². The fourth-order valence-corrected chi connectivity index (χ4v) is 2.35. The molecular weight excluding hydrogens is 302 g/mol. The fraction of sp³-hybridized carbons (Fsp3) is 0.182. The highest BCUT2D eigenvalue weighted by molar-refractivity contribution is 9.10. The number of amides is 1. The number of pyridine rings is 1. The maximum Gasteiger partial charge on any atom is 0.271 e. The smallest absolute Gasteiger partial charge is 0.271 e. The van der Waals surface area contributed by atoms with E-state index in [0.717, 1.165) is 11.4 Å². The average Bonchev–Trinajstić information content (AvgIpc) is 2.82. The number of nitrogens with one attached hydrogen (secondary N) is 1. The molecule has 88 valence electrons. The largest absolute Gasteiger partial charge is 0.350 e. The molecular formula is C11H10BrN3OS. The Morgan fingerprint density at radius 2 is 2.29 bits per heavy atom. The first-order chi connectivity index (χ1) is 8.27. The number of thiazole rings is 1. The van der Waals surface area contributed by atoms with Crippen molar-refractivity contribution in [3.8, 4) is 0 Å². The van der Waals surface area contributed by atoms with Gasteiger partial charge in [-0.1, -0.05) is 0 Å². The Hall–Kier alpha value is -1.27. The first-order valence-corrected chi connectivity index (χ1v) is 6.71. The van der Waals surface area contributed by atoms with Gasteiger partial charge >= 0.3 is 0 Å². The Bertz CT molecular complexity index is 501. The highest BCUT2D eigenvalue weighted by atomic mass is 79.9. The summed E-state index contributed by atoms with van der Waals surface area (Å²) in [7, 11) is 0. The molecule has 0 saturated carbocycles. The average molecular weight is 312 g/mol. The van der Waals surface area contributed by atoms with Gasteiger partial charge in [0.1, 0.15) is 5.69 Å². The fourth-order valence-electron chi connectivity index (χ4n) is 1.30. The van der Waals surface area contributed by atoms with E-state index >= 15 is 0 Å². The molecule has 1 N–H and O–H groups in total. The molecule has 0 fully saturated rings. The monoisotopic (exact) mass is 311 g/mol. The third-order valence-corrected chi connectivity index (χ3v) is 3.56. The molecule has 1 amide bonds. The minimum Gasteiger partial charge on any atom is -0.350 e. The van der Waals surface area contributed by atoms with Crippen LogP contribution in [0.25, 0.3) is 0 Å². The molecule has 17 heavy (non-hydrogen) atoms. The van der Waals surface area contributed by atoms with Crippen molar-refractivity contribution in [1.29, 1.82) is 0 Å². The van der Waals surface area contributed by atoms with Crippen molar-refractivity contribution in [3.63, 3.8) is 0 Å². The number of rotatable bonds is 4. The predicted molar refractivity (Wildman–Crippen MR) is 70.1 cm³/mol. The molecule has 0 atom stereocenters.